The van der Waals surface area contributed by atoms with Gasteiger partial charge in [-0.1, -0.05) is 18.2 Å². The number of pyridine rings is 1. The highest BCUT2D eigenvalue weighted by Gasteiger charge is 2.27. The number of carbonyl (C=O) groups excluding carboxylic acids is 1. The van der Waals surface area contributed by atoms with E-state index in [4.69, 9.17) is 4.74 Å². The summed E-state index contributed by atoms with van der Waals surface area (Å²) in [6.45, 7) is 5.44. The molecule has 0 bridgehead atoms. The van der Waals surface area contributed by atoms with Crippen molar-refractivity contribution in [1.29, 1.82) is 5.26 Å². The summed E-state index contributed by atoms with van der Waals surface area (Å²) in [5, 5.41) is 12.1. The molecule has 1 aromatic heterocycles. The SMILES string of the molecule is CC1OCCN(c2cnc(C#N)c(C(=O)Nc3ccccc3)c2)C1C. The topological polar surface area (TPSA) is 78.2 Å². The summed E-state index contributed by atoms with van der Waals surface area (Å²) in [7, 11) is 0. The largest absolute Gasteiger partial charge is 0.375 e. The molecule has 1 fully saturated rings. The summed E-state index contributed by atoms with van der Waals surface area (Å²) in [6.07, 6.45) is 1.73. The zero-order valence-corrected chi connectivity index (χ0v) is 14.3. The Morgan fingerprint density at radius 1 is 1.36 bits per heavy atom. The summed E-state index contributed by atoms with van der Waals surface area (Å²) >= 11 is 0. The van der Waals surface area contributed by atoms with Crippen LogP contribution in [0.5, 0.6) is 0 Å². The monoisotopic (exact) mass is 336 g/mol. The molecule has 2 heterocycles. The Hall–Kier alpha value is -2.91. The van der Waals surface area contributed by atoms with Crippen LogP contribution in [-0.2, 0) is 4.74 Å². The van der Waals surface area contributed by atoms with Crippen molar-refractivity contribution in [3.05, 3.63) is 53.9 Å². The highest BCUT2D eigenvalue weighted by atomic mass is 16.5. The zero-order valence-electron chi connectivity index (χ0n) is 14.3. The first-order valence-electron chi connectivity index (χ1n) is 8.25. The van der Waals surface area contributed by atoms with Gasteiger partial charge in [0.2, 0.25) is 0 Å². The molecule has 2 atom stereocenters. The van der Waals surface area contributed by atoms with Crippen LogP contribution in [0, 0.1) is 11.3 Å². The van der Waals surface area contributed by atoms with Crippen molar-refractivity contribution in [3.8, 4) is 6.07 Å². The number of para-hydroxylation sites is 1. The van der Waals surface area contributed by atoms with Crippen molar-refractivity contribution in [2.24, 2.45) is 0 Å². The first kappa shape index (κ1) is 16.9. The Morgan fingerprint density at radius 2 is 2.12 bits per heavy atom. The van der Waals surface area contributed by atoms with Gasteiger partial charge in [-0.15, -0.1) is 0 Å². The molecule has 1 aliphatic heterocycles. The third-order valence-electron chi connectivity index (χ3n) is 4.47. The number of benzene rings is 1. The van der Waals surface area contributed by atoms with Gasteiger partial charge in [0, 0.05) is 12.2 Å². The summed E-state index contributed by atoms with van der Waals surface area (Å²) in [5.74, 6) is -0.342. The van der Waals surface area contributed by atoms with Crippen molar-refractivity contribution >= 4 is 17.3 Å². The standard InChI is InChI=1S/C19H20N4O2/c1-13-14(2)25-9-8-23(13)16-10-17(18(11-20)21-12-16)19(24)22-15-6-4-3-5-7-15/h3-7,10,12-14H,8-9H2,1-2H3,(H,22,24). The number of nitrogens with one attached hydrogen (secondary N) is 1. The fourth-order valence-corrected chi connectivity index (χ4v) is 2.89. The fraction of sp³-hybridized carbons (Fsp3) is 0.316. The molecule has 1 amide bonds. The number of nitrogens with zero attached hydrogens (tertiary/aromatic N) is 3. The molecule has 2 aromatic rings. The van der Waals surface area contributed by atoms with Crippen molar-refractivity contribution in [1.82, 2.24) is 4.98 Å². The number of hydrogen-bond donors (Lipinski definition) is 1. The van der Waals surface area contributed by atoms with E-state index in [1.54, 1.807) is 24.4 Å². The van der Waals surface area contributed by atoms with Gasteiger partial charge in [0.05, 0.1) is 36.2 Å². The molecule has 1 saturated heterocycles. The molecule has 1 aliphatic rings. The molecule has 0 spiro atoms. The van der Waals surface area contributed by atoms with Crippen molar-refractivity contribution in [2.75, 3.05) is 23.4 Å². The van der Waals surface area contributed by atoms with Gasteiger partial charge in [0.1, 0.15) is 6.07 Å². The third kappa shape index (κ3) is 3.62. The van der Waals surface area contributed by atoms with Gasteiger partial charge in [-0.2, -0.15) is 5.26 Å². The van der Waals surface area contributed by atoms with Gasteiger partial charge in [-0.3, -0.25) is 4.79 Å². The van der Waals surface area contributed by atoms with E-state index in [1.165, 1.54) is 0 Å². The number of hydrogen-bond acceptors (Lipinski definition) is 5. The Labute approximate surface area is 147 Å². The smallest absolute Gasteiger partial charge is 0.258 e. The number of carbonyl (C=O) groups is 1. The van der Waals surface area contributed by atoms with Crippen LogP contribution in [0.15, 0.2) is 42.6 Å². The van der Waals surface area contributed by atoms with Crippen molar-refractivity contribution in [2.45, 2.75) is 26.0 Å². The van der Waals surface area contributed by atoms with E-state index in [0.717, 1.165) is 12.2 Å². The second-order valence-corrected chi connectivity index (χ2v) is 6.03. The Bertz CT molecular complexity index is 801. The summed E-state index contributed by atoms with van der Waals surface area (Å²) in [6, 6.07) is 13.0. The summed E-state index contributed by atoms with van der Waals surface area (Å²) in [5.41, 5.74) is 1.89. The van der Waals surface area contributed by atoms with E-state index < -0.39 is 0 Å². The minimum absolute atomic E-state index is 0.0889. The first-order valence-corrected chi connectivity index (χ1v) is 8.25. The molecular weight excluding hydrogens is 316 g/mol. The van der Waals surface area contributed by atoms with E-state index >= 15 is 0 Å². The van der Waals surface area contributed by atoms with Crippen LogP contribution in [0.2, 0.25) is 0 Å². The van der Waals surface area contributed by atoms with Crippen LogP contribution >= 0.6 is 0 Å². The van der Waals surface area contributed by atoms with Gasteiger partial charge in [-0.25, -0.2) is 4.98 Å². The number of anilines is 2. The molecule has 2 unspecified atom stereocenters. The van der Waals surface area contributed by atoms with Gasteiger partial charge < -0.3 is 15.0 Å². The number of rotatable bonds is 3. The lowest BCUT2D eigenvalue weighted by Gasteiger charge is -2.39. The van der Waals surface area contributed by atoms with Gasteiger partial charge >= 0.3 is 0 Å². The molecule has 6 nitrogen and oxygen atoms in total. The molecule has 3 rings (SSSR count). The van der Waals surface area contributed by atoms with Crippen LogP contribution in [-0.4, -0.2) is 36.2 Å². The quantitative estimate of drug-likeness (QED) is 0.932. The van der Waals surface area contributed by atoms with E-state index in [9.17, 15) is 10.1 Å². The Morgan fingerprint density at radius 3 is 2.84 bits per heavy atom. The zero-order chi connectivity index (χ0) is 17.8. The lowest BCUT2D eigenvalue weighted by Crippen LogP contribution is -2.48. The normalized spacial score (nSPS) is 20.0. The van der Waals surface area contributed by atoms with E-state index in [-0.39, 0.29) is 29.3 Å². The molecule has 0 radical (unpaired) electrons. The third-order valence-corrected chi connectivity index (χ3v) is 4.47. The van der Waals surface area contributed by atoms with Crippen LogP contribution in [0.25, 0.3) is 0 Å². The predicted molar refractivity (Wildman–Crippen MR) is 95.6 cm³/mol. The van der Waals surface area contributed by atoms with Gasteiger partial charge in [0.25, 0.3) is 5.91 Å². The summed E-state index contributed by atoms with van der Waals surface area (Å²) in [4.78, 5) is 19.0. The fourth-order valence-electron chi connectivity index (χ4n) is 2.89. The average molecular weight is 336 g/mol. The van der Waals surface area contributed by atoms with Crippen molar-refractivity contribution < 1.29 is 9.53 Å². The van der Waals surface area contributed by atoms with Crippen LogP contribution in [0.4, 0.5) is 11.4 Å². The minimum atomic E-state index is -0.342. The number of aromatic nitrogens is 1. The Balaban J connectivity index is 1.90. The maximum atomic E-state index is 12.6. The molecule has 128 valence electrons. The molecule has 0 aliphatic carbocycles. The molecule has 6 heteroatoms. The van der Waals surface area contributed by atoms with Gasteiger partial charge in [0.15, 0.2) is 5.69 Å². The number of nitriles is 1. The lowest BCUT2D eigenvalue weighted by atomic mass is 10.1. The molecular formula is C19H20N4O2. The number of amides is 1. The second kappa shape index (κ2) is 7.32. The minimum Gasteiger partial charge on any atom is -0.375 e. The average Bonchev–Trinajstić information content (AvgIpc) is 2.64. The maximum Gasteiger partial charge on any atom is 0.258 e. The van der Waals surface area contributed by atoms with Gasteiger partial charge in [-0.05, 0) is 32.0 Å². The highest BCUT2D eigenvalue weighted by Crippen LogP contribution is 2.24. The van der Waals surface area contributed by atoms with Crippen LogP contribution in [0.3, 0.4) is 0 Å². The number of ether oxygens (including phenoxy) is 1. The Kier molecular flexibility index (Phi) is 4.96. The van der Waals surface area contributed by atoms with E-state index in [0.29, 0.717) is 12.3 Å². The number of morpholine rings is 1. The van der Waals surface area contributed by atoms with E-state index in [2.05, 4.69) is 22.1 Å². The molecule has 1 aromatic carbocycles. The summed E-state index contributed by atoms with van der Waals surface area (Å²) < 4.78 is 5.65. The van der Waals surface area contributed by atoms with E-state index in [1.807, 2.05) is 31.2 Å². The molecule has 1 N–H and O–H groups in total. The molecule has 25 heavy (non-hydrogen) atoms. The molecule has 0 saturated carbocycles. The van der Waals surface area contributed by atoms with Crippen LogP contribution in [0.1, 0.15) is 29.9 Å². The lowest BCUT2D eigenvalue weighted by molar-refractivity contribution is 0.0284. The highest BCUT2D eigenvalue weighted by molar-refractivity contribution is 6.06. The van der Waals surface area contributed by atoms with Crippen LogP contribution < -0.4 is 10.2 Å². The van der Waals surface area contributed by atoms with Crippen molar-refractivity contribution in [3.63, 3.8) is 0 Å². The maximum absolute atomic E-state index is 12.6. The first-order chi connectivity index (χ1) is 12.1. The predicted octanol–water partition coefficient (Wildman–Crippen LogP) is 2.82. The second-order valence-electron chi connectivity index (χ2n) is 6.03.